The van der Waals surface area contributed by atoms with Crippen molar-refractivity contribution in [3.05, 3.63) is 58.4 Å². The number of hydrogen-bond acceptors (Lipinski definition) is 3. The zero-order valence-corrected chi connectivity index (χ0v) is 11.4. The number of benzene rings is 2. The maximum absolute atomic E-state index is 12.7. The van der Waals surface area contributed by atoms with E-state index in [-0.39, 0.29) is 5.78 Å². The van der Waals surface area contributed by atoms with Crippen molar-refractivity contribution in [2.24, 2.45) is 0 Å². The van der Waals surface area contributed by atoms with E-state index in [1.165, 1.54) is 0 Å². The first-order valence-corrected chi connectivity index (χ1v) is 6.65. The number of hydrogen-bond donors (Lipinski definition) is 0. The van der Waals surface area contributed by atoms with Gasteiger partial charge >= 0.3 is 0 Å². The summed E-state index contributed by atoms with van der Waals surface area (Å²) in [6, 6.07) is 11.0. The van der Waals surface area contributed by atoms with Gasteiger partial charge in [-0.3, -0.25) is 4.79 Å². The molecule has 20 heavy (non-hydrogen) atoms. The number of carbonyl (C=O) groups excluding carboxylic acids is 1. The Bertz CT molecular complexity index is 902. The quantitative estimate of drug-likeness (QED) is 0.492. The number of fused-ring (bicyclic) bond motifs is 2. The Hall–Kier alpha value is -2.26. The van der Waals surface area contributed by atoms with E-state index in [0.29, 0.717) is 22.0 Å². The molecule has 0 saturated heterocycles. The molecule has 3 aromatic rings. The summed E-state index contributed by atoms with van der Waals surface area (Å²) in [5.41, 5.74) is 3.56. The summed E-state index contributed by atoms with van der Waals surface area (Å²) in [6.45, 7) is 1.85. The molecule has 4 rings (SSSR count). The van der Waals surface area contributed by atoms with Crippen molar-refractivity contribution in [3.63, 3.8) is 0 Å². The number of nitrogens with zero attached hydrogens (tertiary/aromatic N) is 2. The molecule has 3 nitrogen and oxygen atoms in total. The summed E-state index contributed by atoms with van der Waals surface area (Å²) < 4.78 is 0. The summed E-state index contributed by atoms with van der Waals surface area (Å²) in [5.74, 6) is 0.626. The van der Waals surface area contributed by atoms with Gasteiger partial charge in [-0.25, -0.2) is 9.97 Å². The van der Waals surface area contributed by atoms with Gasteiger partial charge in [0.15, 0.2) is 5.78 Å². The molecule has 0 saturated carbocycles. The number of ketones is 1. The highest BCUT2D eigenvalue weighted by Crippen LogP contribution is 2.40. The number of halogens is 1. The van der Waals surface area contributed by atoms with Gasteiger partial charge in [-0.05, 0) is 19.1 Å². The second-order valence-electron chi connectivity index (χ2n) is 4.81. The topological polar surface area (TPSA) is 42.9 Å². The SMILES string of the molecule is Cc1nc2c3c(c(Cl)ccc3n1)C(=O)c1ccccc1-2. The minimum Gasteiger partial charge on any atom is -0.289 e. The van der Waals surface area contributed by atoms with E-state index in [4.69, 9.17) is 11.6 Å². The van der Waals surface area contributed by atoms with E-state index in [9.17, 15) is 4.79 Å². The first kappa shape index (κ1) is 11.6. The fourth-order valence-corrected chi connectivity index (χ4v) is 3.00. The summed E-state index contributed by atoms with van der Waals surface area (Å²) in [4.78, 5) is 21.6. The van der Waals surface area contributed by atoms with E-state index in [0.717, 1.165) is 22.2 Å². The standard InChI is InChI=1S/C16H9ClN2O/c1-8-18-12-7-6-11(17)13-14(12)15(19-8)9-4-2-3-5-10(9)16(13)20/h2-7H,1H3. The van der Waals surface area contributed by atoms with Crippen molar-refractivity contribution in [1.82, 2.24) is 9.97 Å². The van der Waals surface area contributed by atoms with Crippen molar-refractivity contribution in [2.75, 3.05) is 0 Å². The molecule has 1 heterocycles. The molecule has 1 aliphatic carbocycles. The van der Waals surface area contributed by atoms with Gasteiger partial charge in [0.2, 0.25) is 0 Å². The lowest BCUT2D eigenvalue weighted by Crippen LogP contribution is -2.12. The minimum absolute atomic E-state index is 0.0591. The molecule has 2 aromatic carbocycles. The Balaban J connectivity index is 2.30. The van der Waals surface area contributed by atoms with Gasteiger partial charge in [-0.1, -0.05) is 35.9 Å². The van der Waals surface area contributed by atoms with Crippen LogP contribution in [0.25, 0.3) is 22.2 Å². The van der Waals surface area contributed by atoms with Crippen LogP contribution in [0.15, 0.2) is 36.4 Å². The van der Waals surface area contributed by atoms with Crippen molar-refractivity contribution in [1.29, 1.82) is 0 Å². The van der Waals surface area contributed by atoms with Crippen LogP contribution in [0.5, 0.6) is 0 Å². The van der Waals surface area contributed by atoms with Crippen LogP contribution < -0.4 is 0 Å². The van der Waals surface area contributed by atoms with Crippen LogP contribution in [0.4, 0.5) is 0 Å². The molecule has 0 radical (unpaired) electrons. The third-order valence-electron chi connectivity index (χ3n) is 3.58. The number of carbonyl (C=O) groups is 1. The first-order valence-electron chi connectivity index (χ1n) is 6.28. The van der Waals surface area contributed by atoms with Crippen LogP contribution in [-0.2, 0) is 0 Å². The Kier molecular flexibility index (Phi) is 2.24. The summed E-state index contributed by atoms with van der Waals surface area (Å²) in [7, 11) is 0. The molecular weight excluding hydrogens is 272 g/mol. The molecule has 1 aromatic heterocycles. The molecule has 0 amide bonds. The number of rotatable bonds is 0. The molecule has 1 aliphatic rings. The lowest BCUT2D eigenvalue weighted by Gasteiger charge is -2.19. The van der Waals surface area contributed by atoms with Crippen LogP contribution in [0.1, 0.15) is 21.7 Å². The highest BCUT2D eigenvalue weighted by molar-refractivity contribution is 6.39. The molecule has 0 N–H and O–H groups in total. The van der Waals surface area contributed by atoms with Crippen LogP contribution >= 0.6 is 11.6 Å². The summed E-state index contributed by atoms with van der Waals surface area (Å²) >= 11 is 6.23. The third-order valence-corrected chi connectivity index (χ3v) is 3.89. The Morgan fingerprint density at radius 2 is 1.75 bits per heavy atom. The molecule has 0 fully saturated rings. The minimum atomic E-state index is -0.0591. The van der Waals surface area contributed by atoms with Gasteiger partial charge in [0.25, 0.3) is 0 Å². The van der Waals surface area contributed by atoms with E-state index < -0.39 is 0 Å². The van der Waals surface area contributed by atoms with Gasteiger partial charge < -0.3 is 0 Å². The maximum atomic E-state index is 12.7. The van der Waals surface area contributed by atoms with E-state index in [1.54, 1.807) is 6.07 Å². The average molecular weight is 281 g/mol. The van der Waals surface area contributed by atoms with Gasteiger partial charge in [-0.2, -0.15) is 0 Å². The molecule has 0 aliphatic heterocycles. The smallest absolute Gasteiger partial charge is 0.195 e. The number of aryl methyl sites for hydroxylation is 1. The fraction of sp³-hybridized carbons (Fsp3) is 0.0625. The highest BCUT2D eigenvalue weighted by atomic mass is 35.5. The third kappa shape index (κ3) is 1.38. The van der Waals surface area contributed by atoms with Crippen LogP contribution in [0, 0.1) is 6.92 Å². The number of aromatic nitrogens is 2. The Labute approximate surface area is 120 Å². The predicted octanol–water partition coefficient (Wildman–Crippen LogP) is 3.80. The second-order valence-corrected chi connectivity index (χ2v) is 5.22. The Morgan fingerprint density at radius 1 is 1.00 bits per heavy atom. The predicted molar refractivity (Wildman–Crippen MR) is 78.2 cm³/mol. The molecule has 0 unspecified atom stereocenters. The van der Waals surface area contributed by atoms with Crippen molar-refractivity contribution in [3.8, 4) is 11.3 Å². The molecular formula is C16H9ClN2O. The normalized spacial score (nSPS) is 12.6. The van der Waals surface area contributed by atoms with E-state index >= 15 is 0 Å². The first-order chi connectivity index (χ1) is 9.66. The van der Waals surface area contributed by atoms with Crippen LogP contribution in [-0.4, -0.2) is 15.8 Å². The van der Waals surface area contributed by atoms with Crippen LogP contribution in [0.3, 0.4) is 0 Å². The lowest BCUT2D eigenvalue weighted by atomic mass is 9.87. The molecule has 0 spiro atoms. The second kappa shape index (κ2) is 3.87. The van der Waals surface area contributed by atoms with Crippen molar-refractivity contribution in [2.45, 2.75) is 6.92 Å². The molecule has 4 heteroatoms. The highest BCUT2D eigenvalue weighted by Gasteiger charge is 2.28. The molecule has 0 bridgehead atoms. The van der Waals surface area contributed by atoms with Gasteiger partial charge in [-0.15, -0.1) is 0 Å². The largest absolute Gasteiger partial charge is 0.289 e. The lowest BCUT2D eigenvalue weighted by molar-refractivity contribution is 0.104. The zero-order chi connectivity index (χ0) is 13.9. The summed E-state index contributed by atoms with van der Waals surface area (Å²) in [5, 5.41) is 1.21. The maximum Gasteiger partial charge on any atom is 0.195 e. The van der Waals surface area contributed by atoms with E-state index in [1.807, 2.05) is 37.3 Å². The van der Waals surface area contributed by atoms with Gasteiger partial charge in [0.05, 0.1) is 21.8 Å². The monoisotopic (exact) mass is 280 g/mol. The summed E-state index contributed by atoms with van der Waals surface area (Å²) in [6.07, 6.45) is 0. The Morgan fingerprint density at radius 3 is 2.55 bits per heavy atom. The molecule has 96 valence electrons. The van der Waals surface area contributed by atoms with Crippen molar-refractivity contribution < 1.29 is 4.79 Å². The molecule has 0 atom stereocenters. The van der Waals surface area contributed by atoms with Crippen LogP contribution in [0.2, 0.25) is 5.02 Å². The van der Waals surface area contributed by atoms with Crippen molar-refractivity contribution >= 4 is 28.3 Å². The van der Waals surface area contributed by atoms with Gasteiger partial charge in [0, 0.05) is 16.5 Å². The zero-order valence-electron chi connectivity index (χ0n) is 10.6. The fourth-order valence-electron chi connectivity index (χ4n) is 2.76. The van der Waals surface area contributed by atoms with Gasteiger partial charge in [0.1, 0.15) is 5.82 Å². The van der Waals surface area contributed by atoms with E-state index in [2.05, 4.69) is 9.97 Å². The average Bonchev–Trinajstić information content (AvgIpc) is 2.45.